The van der Waals surface area contributed by atoms with Gasteiger partial charge in [-0.25, -0.2) is 4.79 Å². The van der Waals surface area contributed by atoms with Crippen molar-refractivity contribution in [2.24, 2.45) is 5.92 Å². The minimum Gasteiger partial charge on any atom is -0.444 e. The van der Waals surface area contributed by atoms with Crippen LogP contribution >= 0.6 is 0 Å². The van der Waals surface area contributed by atoms with Crippen LogP contribution in [0.1, 0.15) is 40.2 Å². The van der Waals surface area contributed by atoms with Gasteiger partial charge in [0, 0.05) is 5.69 Å². The lowest BCUT2D eigenvalue weighted by atomic mass is 10.0. The lowest BCUT2D eigenvalue weighted by Gasteiger charge is -2.25. The van der Waals surface area contributed by atoms with Gasteiger partial charge in [0.15, 0.2) is 0 Å². The number of alkyl carbamates (subject to hydrolysis) is 1. The number of benzene rings is 1. The molecular weight excluding hydrogens is 280 g/mol. The van der Waals surface area contributed by atoms with Crippen molar-refractivity contribution in [3.8, 4) is 0 Å². The molecule has 0 bridgehead atoms. The van der Waals surface area contributed by atoms with Crippen molar-refractivity contribution in [1.82, 2.24) is 5.32 Å². The molecule has 0 aliphatic rings. The van der Waals surface area contributed by atoms with E-state index >= 15 is 0 Å². The maximum atomic E-state index is 12.4. The Kier molecular flexibility index (Phi) is 5.97. The molecule has 0 aliphatic carbocycles. The fourth-order valence-electron chi connectivity index (χ4n) is 1.89. The second kappa shape index (κ2) is 7.29. The van der Waals surface area contributed by atoms with Gasteiger partial charge in [0.25, 0.3) is 0 Å². The highest BCUT2D eigenvalue weighted by Gasteiger charge is 2.27. The van der Waals surface area contributed by atoms with Crippen molar-refractivity contribution in [3.63, 3.8) is 0 Å². The van der Waals surface area contributed by atoms with Crippen LogP contribution in [0.25, 0.3) is 0 Å². The van der Waals surface area contributed by atoms with Gasteiger partial charge in [-0.05, 0) is 45.2 Å². The number of carbonyl (C=O) groups is 2. The number of hydrogen-bond donors (Lipinski definition) is 2. The number of para-hydroxylation sites is 1. The van der Waals surface area contributed by atoms with Crippen LogP contribution < -0.4 is 10.6 Å². The van der Waals surface area contributed by atoms with E-state index in [4.69, 9.17) is 4.74 Å². The standard InChI is InChI=1S/C17H26N2O3/c1-11(2)14(19-16(21)22-17(4,5)6)15(20)18-13-10-8-7-9-12(13)3/h7-11,14H,1-6H3,(H,18,20)(H,19,21). The van der Waals surface area contributed by atoms with Crippen LogP contribution in [-0.2, 0) is 9.53 Å². The Hall–Kier alpha value is -2.04. The lowest BCUT2D eigenvalue weighted by Crippen LogP contribution is -2.48. The quantitative estimate of drug-likeness (QED) is 0.895. The fourth-order valence-corrected chi connectivity index (χ4v) is 1.89. The third kappa shape index (κ3) is 5.76. The van der Waals surface area contributed by atoms with Crippen molar-refractivity contribution in [2.75, 3.05) is 5.32 Å². The van der Waals surface area contributed by atoms with E-state index in [0.717, 1.165) is 11.3 Å². The van der Waals surface area contributed by atoms with Gasteiger partial charge in [-0.1, -0.05) is 32.0 Å². The molecule has 1 aromatic carbocycles. The molecule has 1 aromatic rings. The normalized spacial score (nSPS) is 12.7. The number of carbonyl (C=O) groups excluding carboxylic acids is 2. The molecule has 0 saturated heterocycles. The summed E-state index contributed by atoms with van der Waals surface area (Å²) in [6, 6.07) is 6.85. The molecule has 0 fully saturated rings. The average Bonchev–Trinajstić information content (AvgIpc) is 2.36. The SMILES string of the molecule is Cc1ccccc1NC(=O)C(NC(=O)OC(C)(C)C)C(C)C. The zero-order valence-corrected chi connectivity index (χ0v) is 14.2. The average molecular weight is 306 g/mol. The highest BCUT2D eigenvalue weighted by molar-refractivity contribution is 5.97. The van der Waals surface area contributed by atoms with E-state index < -0.39 is 17.7 Å². The number of hydrogen-bond acceptors (Lipinski definition) is 3. The molecule has 0 aromatic heterocycles. The van der Waals surface area contributed by atoms with Crippen LogP contribution in [0.15, 0.2) is 24.3 Å². The van der Waals surface area contributed by atoms with Crippen LogP contribution in [0.5, 0.6) is 0 Å². The molecule has 0 aliphatic heterocycles. The monoisotopic (exact) mass is 306 g/mol. The molecule has 5 heteroatoms. The Labute approximate surface area is 132 Å². The first-order valence-electron chi connectivity index (χ1n) is 7.46. The molecule has 2 amide bonds. The Morgan fingerprint density at radius 1 is 1.14 bits per heavy atom. The Morgan fingerprint density at radius 3 is 2.23 bits per heavy atom. The molecule has 122 valence electrons. The third-order valence-electron chi connectivity index (χ3n) is 3.02. The molecule has 22 heavy (non-hydrogen) atoms. The molecule has 2 N–H and O–H groups in total. The van der Waals surface area contributed by atoms with E-state index in [0.29, 0.717) is 0 Å². The number of ether oxygens (including phenoxy) is 1. The van der Waals surface area contributed by atoms with Crippen molar-refractivity contribution in [1.29, 1.82) is 0 Å². The van der Waals surface area contributed by atoms with Crippen molar-refractivity contribution in [2.45, 2.75) is 53.2 Å². The van der Waals surface area contributed by atoms with Crippen LogP contribution in [-0.4, -0.2) is 23.6 Å². The summed E-state index contributed by atoms with van der Waals surface area (Å²) < 4.78 is 5.21. The van der Waals surface area contributed by atoms with Gasteiger partial charge in [-0.3, -0.25) is 4.79 Å². The van der Waals surface area contributed by atoms with Crippen LogP contribution in [0.3, 0.4) is 0 Å². The molecule has 0 radical (unpaired) electrons. The summed E-state index contributed by atoms with van der Waals surface area (Å²) in [5, 5.41) is 5.49. The summed E-state index contributed by atoms with van der Waals surface area (Å²) >= 11 is 0. The smallest absolute Gasteiger partial charge is 0.408 e. The van der Waals surface area contributed by atoms with Gasteiger partial charge in [0.2, 0.25) is 5.91 Å². The van der Waals surface area contributed by atoms with Crippen LogP contribution in [0.2, 0.25) is 0 Å². The van der Waals surface area contributed by atoms with Crippen LogP contribution in [0.4, 0.5) is 10.5 Å². The maximum Gasteiger partial charge on any atom is 0.408 e. The first-order valence-corrected chi connectivity index (χ1v) is 7.46. The second-order valence-electron chi connectivity index (χ2n) is 6.67. The summed E-state index contributed by atoms with van der Waals surface area (Å²) in [7, 11) is 0. The molecular formula is C17H26N2O3. The van der Waals surface area contributed by atoms with Crippen molar-refractivity contribution >= 4 is 17.7 Å². The molecule has 1 rings (SSSR count). The van der Waals surface area contributed by atoms with E-state index in [1.807, 2.05) is 45.0 Å². The van der Waals surface area contributed by atoms with Crippen molar-refractivity contribution < 1.29 is 14.3 Å². The zero-order valence-electron chi connectivity index (χ0n) is 14.2. The van der Waals surface area contributed by atoms with Crippen molar-refractivity contribution in [3.05, 3.63) is 29.8 Å². The largest absolute Gasteiger partial charge is 0.444 e. The minimum absolute atomic E-state index is 0.0588. The predicted octanol–water partition coefficient (Wildman–Crippen LogP) is 3.48. The molecule has 0 spiro atoms. The number of rotatable bonds is 4. The summed E-state index contributed by atoms with van der Waals surface area (Å²) in [5.41, 5.74) is 1.11. The number of nitrogens with one attached hydrogen (secondary N) is 2. The van der Waals surface area contributed by atoms with Crippen LogP contribution in [0, 0.1) is 12.8 Å². The van der Waals surface area contributed by atoms with E-state index in [9.17, 15) is 9.59 Å². The maximum absolute atomic E-state index is 12.4. The van der Waals surface area contributed by atoms with E-state index in [-0.39, 0.29) is 11.8 Å². The molecule has 1 unspecified atom stereocenters. The fraction of sp³-hybridized carbons (Fsp3) is 0.529. The summed E-state index contributed by atoms with van der Waals surface area (Å²) in [5.74, 6) is -0.313. The van der Waals surface area contributed by atoms with Gasteiger partial charge >= 0.3 is 6.09 Å². The first-order chi connectivity index (χ1) is 10.1. The Morgan fingerprint density at radius 2 is 1.73 bits per heavy atom. The molecule has 0 heterocycles. The van der Waals surface area contributed by atoms with E-state index in [1.165, 1.54) is 0 Å². The van der Waals surface area contributed by atoms with Gasteiger partial charge in [-0.15, -0.1) is 0 Å². The summed E-state index contributed by atoms with van der Waals surface area (Å²) in [4.78, 5) is 24.3. The van der Waals surface area contributed by atoms with Gasteiger partial charge < -0.3 is 15.4 Å². The Bertz CT molecular complexity index is 533. The highest BCUT2D eigenvalue weighted by Crippen LogP contribution is 2.15. The molecule has 0 saturated carbocycles. The molecule has 5 nitrogen and oxygen atoms in total. The van der Waals surface area contributed by atoms with E-state index in [2.05, 4.69) is 10.6 Å². The van der Waals surface area contributed by atoms with E-state index in [1.54, 1.807) is 20.8 Å². The summed E-state index contributed by atoms with van der Waals surface area (Å²) in [6.07, 6.45) is -0.592. The van der Waals surface area contributed by atoms with Gasteiger partial charge in [-0.2, -0.15) is 0 Å². The number of aryl methyl sites for hydroxylation is 1. The second-order valence-corrected chi connectivity index (χ2v) is 6.67. The zero-order chi connectivity index (χ0) is 16.9. The topological polar surface area (TPSA) is 67.4 Å². The third-order valence-corrected chi connectivity index (χ3v) is 3.02. The van der Waals surface area contributed by atoms with Gasteiger partial charge in [0.1, 0.15) is 11.6 Å². The molecule has 1 atom stereocenters. The summed E-state index contributed by atoms with van der Waals surface area (Å²) in [6.45, 7) is 11.0. The Balaban J connectivity index is 2.77. The first kappa shape index (κ1) is 18.0. The predicted molar refractivity (Wildman–Crippen MR) is 87.8 cm³/mol. The lowest BCUT2D eigenvalue weighted by molar-refractivity contribution is -0.119. The number of amides is 2. The highest BCUT2D eigenvalue weighted by atomic mass is 16.6. The minimum atomic E-state index is -0.658. The van der Waals surface area contributed by atoms with Gasteiger partial charge in [0.05, 0.1) is 0 Å². The number of anilines is 1.